The summed E-state index contributed by atoms with van der Waals surface area (Å²) in [5, 5.41) is 5.80. The molecule has 0 radical (unpaired) electrons. The third kappa shape index (κ3) is 5.33. The number of ether oxygens (including phenoxy) is 1. The Hall–Kier alpha value is -2.01. The molecule has 3 aromatic rings. The molecule has 4 nitrogen and oxygen atoms in total. The minimum Gasteiger partial charge on any atom is -0.471 e. The molecule has 1 aromatic heterocycles. The van der Waals surface area contributed by atoms with Crippen molar-refractivity contribution in [2.24, 2.45) is 0 Å². The van der Waals surface area contributed by atoms with Crippen molar-refractivity contribution in [1.82, 2.24) is 14.7 Å². The van der Waals surface area contributed by atoms with Crippen LogP contribution in [0.5, 0.6) is 5.88 Å². The summed E-state index contributed by atoms with van der Waals surface area (Å²) in [5.41, 5.74) is 2.99. The number of piperidine rings is 1. The largest absolute Gasteiger partial charge is 0.471 e. The first-order valence-corrected chi connectivity index (χ1v) is 10.9. The molecule has 29 heavy (non-hydrogen) atoms. The van der Waals surface area contributed by atoms with E-state index < -0.39 is 0 Å². The monoisotopic (exact) mass is 429 g/mol. The molecule has 0 saturated carbocycles. The molecule has 0 N–H and O–H groups in total. The van der Waals surface area contributed by atoms with Gasteiger partial charge < -0.3 is 9.64 Å². The SMILES string of the molecule is Clc1ccc(-c2cn(CCN3CCCCC3)nc2OCc2ccccc2)cc1Cl. The van der Waals surface area contributed by atoms with Crippen LogP contribution in [0.2, 0.25) is 10.0 Å². The topological polar surface area (TPSA) is 30.3 Å². The molecule has 2 heterocycles. The first kappa shape index (κ1) is 20.3. The minimum atomic E-state index is 0.471. The molecule has 0 atom stereocenters. The van der Waals surface area contributed by atoms with Crippen LogP contribution in [-0.2, 0) is 13.2 Å². The zero-order chi connectivity index (χ0) is 20.1. The summed E-state index contributed by atoms with van der Waals surface area (Å²) in [6, 6.07) is 15.7. The van der Waals surface area contributed by atoms with E-state index in [1.54, 1.807) is 0 Å². The zero-order valence-electron chi connectivity index (χ0n) is 16.4. The number of rotatable bonds is 7. The molecule has 6 heteroatoms. The summed E-state index contributed by atoms with van der Waals surface area (Å²) in [7, 11) is 0. The maximum absolute atomic E-state index is 6.25. The van der Waals surface area contributed by atoms with Crippen molar-refractivity contribution in [2.75, 3.05) is 19.6 Å². The van der Waals surface area contributed by atoms with E-state index in [4.69, 9.17) is 33.0 Å². The summed E-state index contributed by atoms with van der Waals surface area (Å²) in [5.74, 6) is 0.617. The van der Waals surface area contributed by atoms with Gasteiger partial charge in [0.25, 0.3) is 0 Å². The lowest BCUT2D eigenvalue weighted by Gasteiger charge is -2.26. The maximum Gasteiger partial charge on any atom is 0.241 e. The van der Waals surface area contributed by atoms with Crippen LogP contribution in [0.1, 0.15) is 24.8 Å². The number of hydrogen-bond acceptors (Lipinski definition) is 3. The Kier molecular flexibility index (Phi) is 6.75. The molecule has 0 amide bonds. The van der Waals surface area contributed by atoms with E-state index in [1.807, 2.05) is 59.4 Å². The van der Waals surface area contributed by atoms with Gasteiger partial charge in [-0.2, -0.15) is 0 Å². The fraction of sp³-hybridized carbons (Fsp3) is 0.348. The van der Waals surface area contributed by atoms with E-state index in [1.165, 1.54) is 32.4 Å². The number of halogens is 2. The number of benzene rings is 2. The zero-order valence-corrected chi connectivity index (χ0v) is 17.9. The van der Waals surface area contributed by atoms with Crippen LogP contribution in [0.15, 0.2) is 54.7 Å². The third-order valence-corrected chi connectivity index (χ3v) is 6.01. The van der Waals surface area contributed by atoms with Crippen molar-refractivity contribution >= 4 is 23.2 Å². The second-order valence-corrected chi connectivity index (χ2v) is 8.23. The van der Waals surface area contributed by atoms with Gasteiger partial charge in [-0.3, -0.25) is 4.68 Å². The molecule has 2 aromatic carbocycles. The van der Waals surface area contributed by atoms with Crippen LogP contribution in [-0.4, -0.2) is 34.3 Å². The van der Waals surface area contributed by atoms with Crippen molar-refractivity contribution in [2.45, 2.75) is 32.4 Å². The first-order valence-electron chi connectivity index (χ1n) is 10.1. The van der Waals surface area contributed by atoms with E-state index >= 15 is 0 Å². The van der Waals surface area contributed by atoms with Gasteiger partial charge in [0.1, 0.15) is 6.61 Å². The molecule has 1 saturated heterocycles. The smallest absolute Gasteiger partial charge is 0.241 e. The summed E-state index contributed by atoms with van der Waals surface area (Å²) in [4.78, 5) is 2.51. The Morgan fingerprint density at radius 3 is 2.45 bits per heavy atom. The van der Waals surface area contributed by atoms with Crippen LogP contribution in [0.4, 0.5) is 0 Å². The van der Waals surface area contributed by atoms with Gasteiger partial charge in [0.15, 0.2) is 0 Å². The quantitative estimate of drug-likeness (QED) is 0.466. The molecule has 1 fully saturated rings. The van der Waals surface area contributed by atoms with E-state index in [-0.39, 0.29) is 0 Å². The Bertz CT molecular complexity index is 937. The summed E-state index contributed by atoms with van der Waals surface area (Å²) in [6.07, 6.45) is 5.97. The maximum atomic E-state index is 6.25. The lowest BCUT2D eigenvalue weighted by Crippen LogP contribution is -2.32. The normalized spacial score (nSPS) is 14.8. The summed E-state index contributed by atoms with van der Waals surface area (Å²) < 4.78 is 8.08. The van der Waals surface area contributed by atoms with Crippen LogP contribution in [0.3, 0.4) is 0 Å². The molecule has 4 rings (SSSR count). The van der Waals surface area contributed by atoms with Crippen molar-refractivity contribution < 1.29 is 4.74 Å². The number of hydrogen-bond donors (Lipinski definition) is 0. The molecule has 152 valence electrons. The Labute approximate surface area is 182 Å². The molecule has 0 unspecified atom stereocenters. The van der Waals surface area contributed by atoms with Gasteiger partial charge in [-0.1, -0.05) is 66.0 Å². The average Bonchev–Trinajstić information content (AvgIpc) is 3.17. The summed E-state index contributed by atoms with van der Waals surface area (Å²) in [6.45, 7) is 4.67. The average molecular weight is 430 g/mol. The van der Waals surface area contributed by atoms with E-state index in [2.05, 4.69) is 4.90 Å². The Morgan fingerprint density at radius 2 is 1.69 bits per heavy atom. The van der Waals surface area contributed by atoms with Gasteiger partial charge in [0, 0.05) is 12.7 Å². The standard InChI is InChI=1S/C23H25Cl2N3O/c24-21-10-9-19(15-22(21)25)20-16-28(14-13-27-11-5-2-6-12-27)26-23(20)29-17-18-7-3-1-4-8-18/h1,3-4,7-10,15-16H,2,5-6,11-14,17H2. The number of nitrogens with zero attached hydrogens (tertiary/aromatic N) is 3. The predicted molar refractivity (Wildman–Crippen MR) is 119 cm³/mol. The predicted octanol–water partition coefficient (Wildman–Crippen LogP) is 5.92. The Balaban J connectivity index is 1.54. The highest BCUT2D eigenvalue weighted by Crippen LogP contribution is 2.33. The van der Waals surface area contributed by atoms with Crippen LogP contribution in [0.25, 0.3) is 11.1 Å². The second kappa shape index (κ2) is 9.66. The highest BCUT2D eigenvalue weighted by atomic mass is 35.5. The van der Waals surface area contributed by atoms with Crippen LogP contribution >= 0.6 is 23.2 Å². The molecular formula is C23H25Cl2N3O. The van der Waals surface area contributed by atoms with Gasteiger partial charge >= 0.3 is 0 Å². The van der Waals surface area contributed by atoms with Gasteiger partial charge in [-0.15, -0.1) is 5.10 Å². The molecule has 1 aliphatic rings. The first-order chi connectivity index (χ1) is 14.2. The van der Waals surface area contributed by atoms with Gasteiger partial charge in [0.2, 0.25) is 5.88 Å². The van der Waals surface area contributed by atoms with Gasteiger partial charge in [0.05, 0.1) is 22.2 Å². The fourth-order valence-corrected chi connectivity index (χ4v) is 3.94. The molecule has 0 bridgehead atoms. The van der Waals surface area contributed by atoms with E-state index in [9.17, 15) is 0 Å². The highest BCUT2D eigenvalue weighted by Gasteiger charge is 2.16. The molecule has 1 aliphatic heterocycles. The van der Waals surface area contributed by atoms with Crippen molar-refractivity contribution in [3.05, 3.63) is 70.3 Å². The highest BCUT2D eigenvalue weighted by molar-refractivity contribution is 6.42. The minimum absolute atomic E-state index is 0.471. The van der Waals surface area contributed by atoms with E-state index in [0.29, 0.717) is 22.5 Å². The summed E-state index contributed by atoms with van der Waals surface area (Å²) >= 11 is 12.4. The number of aromatic nitrogens is 2. The number of likely N-dealkylation sites (tertiary alicyclic amines) is 1. The Morgan fingerprint density at radius 1 is 0.897 bits per heavy atom. The fourth-order valence-electron chi connectivity index (χ4n) is 3.64. The lowest BCUT2D eigenvalue weighted by molar-refractivity contribution is 0.216. The molecular weight excluding hydrogens is 405 g/mol. The third-order valence-electron chi connectivity index (χ3n) is 5.27. The lowest BCUT2D eigenvalue weighted by atomic mass is 10.1. The van der Waals surface area contributed by atoms with Crippen molar-refractivity contribution in [1.29, 1.82) is 0 Å². The van der Waals surface area contributed by atoms with Crippen molar-refractivity contribution in [3.8, 4) is 17.0 Å². The van der Waals surface area contributed by atoms with Crippen LogP contribution < -0.4 is 4.74 Å². The molecule has 0 aliphatic carbocycles. The van der Waals surface area contributed by atoms with Crippen LogP contribution in [0, 0.1) is 0 Å². The van der Waals surface area contributed by atoms with Gasteiger partial charge in [-0.25, -0.2) is 0 Å². The van der Waals surface area contributed by atoms with E-state index in [0.717, 1.165) is 29.8 Å². The second-order valence-electron chi connectivity index (χ2n) is 7.42. The molecule has 0 spiro atoms. The van der Waals surface area contributed by atoms with Crippen molar-refractivity contribution in [3.63, 3.8) is 0 Å². The van der Waals surface area contributed by atoms with Gasteiger partial charge in [-0.05, 0) is 49.2 Å².